The Labute approximate surface area is 116 Å². The standard InChI is InChI=1S/C13H18N2O3S/c1-18-7-6-12(17)14-9-4-5-11(16)15-13(9)10-3-2-8-19-10/h2-3,8-9,13H,4-7H2,1H3,(H,14,17)(H,15,16)/t9-,13-/m1/s1. The van der Waals surface area contributed by atoms with Gasteiger partial charge in [0.05, 0.1) is 18.7 Å². The summed E-state index contributed by atoms with van der Waals surface area (Å²) in [5.41, 5.74) is 0. The lowest BCUT2D eigenvalue weighted by Crippen LogP contribution is -2.50. The number of nitrogens with one attached hydrogen (secondary N) is 2. The van der Waals surface area contributed by atoms with Gasteiger partial charge in [-0.3, -0.25) is 9.59 Å². The third-order valence-corrected chi connectivity index (χ3v) is 4.09. The third kappa shape index (κ3) is 3.78. The van der Waals surface area contributed by atoms with Crippen LogP contribution in [0, 0.1) is 0 Å². The summed E-state index contributed by atoms with van der Waals surface area (Å²) < 4.78 is 4.89. The van der Waals surface area contributed by atoms with E-state index in [0.717, 1.165) is 4.88 Å². The topological polar surface area (TPSA) is 67.4 Å². The summed E-state index contributed by atoms with van der Waals surface area (Å²) in [7, 11) is 1.57. The number of piperidine rings is 1. The fourth-order valence-corrected chi connectivity index (χ4v) is 3.01. The summed E-state index contributed by atoms with van der Waals surface area (Å²) in [6.07, 6.45) is 1.47. The van der Waals surface area contributed by atoms with Gasteiger partial charge in [0.15, 0.2) is 0 Å². The highest BCUT2D eigenvalue weighted by atomic mass is 32.1. The molecule has 1 aromatic heterocycles. The van der Waals surface area contributed by atoms with Crippen LogP contribution in [0.2, 0.25) is 0 Å². The van der Waals surface area contributed by atoms with E-state index in [2.05, 4.69) is 10.6 Å². The van der Waals surface area contributed by atoms with Gasteiger partial charge in [-0.05, 0) is 17.9 Å². The minimum Gasteiger partial charge on any atom is -0.384 e. The lowest BCUT2D eigenvalue weighted by Gasteiger charge is -2.32. The minimum absolute atomic E-state index is 0.0374. The first kappa shape index (κ1) is 14.0. The minimum atomic E-state index is -0.118. The van der Waals surface area contributed by atoms with Crippen molar-refractivity contribution < 1.29 is 14.3 Å². The van der Waals surface area contributed by atoms with E-state index in [-0.39, 0.29) is 23.9 Å². The highest BCUT2D eigenvalue weighted by molar-refractivity contribution is 7.10. The predicted octanol–water partition coefficient (Wildman–Crippen LogP) is 1.22. The smallest absolute Gasteiger partial charge is 0.222 e. The van der Waals surface area contributed by atoms with E-state index in [4.69, 9.17) is 4.74 Å². The van der Waals surface area contributed by atoms with Crippen molar-refractivity contribution in [2.45, 2.75) is 31.3 Å². The molecule has 0 unspecified atom stereocenters. The Morgan fingerprint density at radius 2 is 2.47 bits per heavy atom. The van der Waals surface area contributed by atoms with E-state index in [1.807, 2.05) is 17.5 Å². The Balaban J connectivity index is 2.00. The van der Waals surface area contributed by atoms with Crippen LogP contribution in [0.3, 0.4) is 0 Å². The monoisotopic (exact) mass is 282 g/mol. The van der Waals surface area contributed by atoms with Crippen LogP contribution in [-0.4, -0.2) is 31.6 Å². The quantitative estimate of drug-likeness (QED) is 0.853. The van der Waals surface area contributed by atoms with Gasteiger partial charge >= 0.3 is 0 Å². The van der Waals surface area contributed by atoms with Crippen molar-refractivity contribution in [1.29, 1.82) is 0 Å². The number of amides is 2. The number of ether oxygens (including phenoxy) is 1. The number of carbonyl (C=O) groups is 2. The average Bonchev–Trinajstić information content (AvgIpc) is 2.92. The number of thiophene rings is 1. The molecule has 1 saturated heterocycles. The van der Waals surface area contributed by atoms with Gasteiger partial charge in [0.25, 0.3) is 0 Å². The summed E-state index contributed by atoms with van der Waals surface area (Å²) in [4.78, 5) is 24.4. The van der Waals surface area contributed by atoms with Crippen LogP contribution >= 0.6 is 11.3 Å². The lowest BCUT2D eigenvalue weighted by molar-refractivity contribution is -0.127. The summed E-state index contributed by atoms with van der Waals surface area (Å²) in [5.74, 6) is 0.00495. The van der Waals surface area contributed by atoms with Gasteiger partial charge in [-0.25, -0.2) is 0 Å². The molecule has 104 valence electrons. The van der Waals surface area contributed by atoms with Crippen molar-refractivity contribution in [3.05, 3.63) is 22.4 Å². The van der Waals surface area contributed by atoms with Gasteiger partial charge in [0.2, 0.25) is 11.8 Å². The number of carbonyl (C=O) groups excluding carboxylic acids is 2. The first-order chi connectivity index (χ1) is 9.20. The largest absolute Gasteiger partial charge is 0.384 e. The zero-order valence-corrected chi connectivity index (χ0v) is 11.7. The average molecular weight is 282 g/mol. The zero-order valence-electron chi connectivity index (χ0n) is 10.8. The molecule has 0 saturated carbocycles. The van der Waals surface area contributed by atoms with Crippen LogP contribution in [0.4, 0.5) is 0 Å². The number of hydrogen-bond donors (Lipinski definition) is 2. The fourth-order valence-electron chi connectivity index (χ4n) is 2.17. The molecule has 1 aromatic rings. The lowest BCUT2D eigenvalue weighted by atomic mass is 9.96. The molecule has 5 nitrogen and oxygen atoms in total. The Kier molecular flexibility index (Phi) is 4.93. The second-order valence-electron chi connectivity index (χ2n) is 4.52. The highest BCUT2D eigenvalue weighted by Crippen LogP contribution is 2.27. The number of methoxy groups -OCH3 is 1. The number of rotatable bonds is 5. The fraction of sp³-hybridized carbons (Fsp3) is 0.538. The van der Waals surface area contributed by atoms with Crippen LogP contribution in [0.1, 0.15) is 30.2 Å². The Morgan fingerprint density at radius 3 is 3.16 bits per heavy atom. The molecule has 1 aliphatic rings. The van der Waals surface area contributed by atoms with Crippen molar-refractivity contribution >= 4 is 23.2 Å². The molecule has 2 rings (SSSR count). The Bertz CT molecular complexity index is 433. The van der Waals surface area contributed by atoms with E-state index in [9.17, 15) is 9.59 Å². The molecule has 1 aliphatic heterocycles. The predicted molar refractivity (Wildman–Crippen MR) is 72.9 cm³/mol. The molecule has 2 N–H and O–H groups in total. The van der Waals surface area contributed by atoms with Crippen molar-refractivity contribution in [2.75, 3.05) is 13.7 Å². The number of hydrogen-bond acceptors (Lipinski definition) is 4. The molecule has 1 fully saturated rings. The van der Waals surface area contributed by atoms with Gasteiger partial charge in [-0.2, -0.15) is 0 Å². The third-order valence-electron chi connectivity index (χ3n) is 3.13. The molecule has 2 atom stereocenters. The zero-order chi connectivity index (χ0) is 13.7. The highest BCUT2D eigenvalue weighted by Gasteiger charge is 2.31. The maximum atomic E-state index is 11.8. The first-order valence-corrected chi connectivity index (χ1v) is 7.19. The van der Waals surface area contributed by atoms with Gasteiger partial charge < -0.3 is 15.4 Å². The maximum absolute atomic E-state index is 11.8. The van der Waals surface area contributed by atoms with Crippen LogP contribution in [0.5, 0.6) is 0 Å². The van der Waals surface area contributed by atoms with Crippen molar-refractivity contribution in [3.63, 3.8) is 0 Å². The first-order valence-electron chi connectivity index (χ1n) is 6.32. The molecule has 2 amide bonds. The molecular formula is C13H18N2O3S. The SMILES string of the molecule is COCCC(=O)N[C@@H]1CCC(=O)N[C@H]1c1cccs1. The molecule has 2 heterocycles. The van der Waals surface area contributed by atoms with E-state index >= 15 is 0 Å². The normalized spacial score (nSPS) is 22.9. The van der Waals surface area contributed by atoms with E-state index in [1.165, 1.54) is 0 Å². The maximum Gasteiger partial charge on any atom is 0.222 e. The van der Waals surface area contributed by atoms with Gasteiger partial charge in [-0.1, -0.05) is 6.07 Å². The summed E-state index contributed by atoms with van der Waals surface area (Å²) >= 11 is 1.59. The van der Waals surface area contributed by atoms with E-state index < -0.39 is 0 Å². The van der Waals surface area contributed by atoms with Crippen LogP contribution in [0.25, 0.3) is 0 Å². The Hall–Kier alpha value is -1.40. The van der Waals surface area contributed by atoms with Crippen molar-refractivity contribution in [1.82, 2.24) is 10.6 Å². The molecule has 0 spiro atoms. The molecule has 0 bridgehead atoms. The van der Waals surface area contributed by atoms with Gasteiger partial charge in [-0.15, -0.1) is 11.3 Å². The summed E-state index contributed by atoms with van der Waals surface area (Å²) in [6.45, 7) is 0.411. The van der Waals surface area contributed by atoms with Crippen molar-refractivity contribution in [2.24, 2.45) is 0 Å². The van der Waals surface area contributed by atoms with Crippen molar-refractivity contribution in [3.8, 4) is 0 Å². The molecule has 0 radical (unpaired) electrons. The van der Waals surface area contributed by atoms with Crippen LogP contribution < -0.4 is 10.6 Å². The summed E-state index contributed by atoms with van der Waals surface area (Å²) in [5, 5.41) is 7.91. The summed E-state index contributed by atoms with van der Waals surface area (Å²) in [6, 6.07) is 3.77. The molecule has 6 heteroatoms. The van der Waals surface area contributed by atoms with Gasteiger partial charge in [0, 0.05) is 24.8 Å². The molecule has 0 aromatic carbocycles. The molecular weight excluding hydrogens is 264 g/mol. The van der Waals surface area contributed by atoms with E-state index in [0.29, 0.717) is 25.9 Å². The second kappa shape index (κ2) is 6.68. The molecule has 0 aliphatic carbocycles. The van der Waals surface area contributed by atoms with E-state index in [1.54, 1.807) is 18.4 Å². The molecule has 19 heavy (non-hydrogen) atoms. The van der Waals surface area contributed by atoms with Crippen LogP contribution in [0.15, 0.2) is 17.5 Å². The Morgan fingerprint density at radius 1 is 1.63 bits per heavy atom. The van der Waals surface area contributed by atoms with Gasteiger partial charge in [0.1, 0.15) is 0 Å². The van der Waals surface area contributed by atoms with Crippen LogP contribution in [-0.2, 0) is 14.3 Å². The second-order valence-corrected chi connectivity index (χ2v) is 5.50.